The fourth-order valence-electron chi connectivity index (χ4n) is 0.378. The molecular weight excluding hydrogens is 335 g/mol. The van der Waals surface area contributed by atoms with Crippen LogP contribution in [0, 0.1) is 0 Å². The predicted octanol–water partition coefficient (Wildman–Crippen LogP) is 2.79. The van der Waals surface area contributed by atoms with Gasteiger partial charge in [-0.05, 0) is 15.9 Å². The molecule has 2 atom stereocenters. The zero-order valence-electron chi connectivity index (χ0n) is 4.99. The Kier molecular flexibility index (Phi) is 6.25. The van der Waals surface area contributed by atoms with E-state index in [9.17, 15) is 9.18 Å². The zero-order valence-corrected chi connectivity index (χ0v) is 9.75. The smallest absolute Gasteiger partial charge is 0.199 e. The van der Waals surface area contributed by atoms with Gasteiger partial charge in [-0.15, -0.1) is 0 Å². The monoisotopic (exact) mass is 338 g/mol. The average Bonchev–Trinajstić information content (AvgIpc) is 1.85. The maximum atomic E-state index is 12.6. The molecular formula is C5H6Br3FO. The van der Waals surface area contributed by atoms with Crippen molar-refractivity contribution in [1.29, 1.82) is 0 Å². The van der Waals surface area contributed by atoms with E-state index in [-0.39, 0.29) is 16.4 Å². The highest BCUT2D eigenvalue weighted by molar-refractivity contribution is 9.18. The van der Waals surface area contributed by atoms with E-state index in [2.05, 4.69) is 47.8 Å². The molecule has 0 fully saturated rings. The number of halogens is 4. The third kappa shape index (κ3) is 4.79. The van der Waals surface area contributed by atoms with Gasteiger partial charge in [0.1, 0.15) is 6.17 Å². The molecule has 0 aromatic heterocycles. The van der Waals surface area contributed by atoms with Gasteiger partial charge >= 0.3 is 0 Å². The second kappa shape index (κ2) is 5.66. The van der Waals surface area contributed by atoms with Crippen molar-refractivity contribution < 1.29 is 9.18 Å². The number of hydrogen-bond acceptors (Lipinski definition) is 1. The summed E-state index contributed by atoms with van der Waals surface area (Å²) in [5.74, 6) is 0. The van der Waals surface area contributed by atoms with Crippen molar-refractivity contribution in [2.75, 3.05) is 5.33 Å². The molecule has 0 radical (unpaired) electrons. The summed E-state index contributed by atoms with van der Waals surface area (Å²) in [5.41, 5.74) is 0. The highest BCUT2D eigenvalue weighted by atomic mass is 79.9. The SMILES string of the molecule is O=C(Br)CC(Br)C(F)CBr. The fraction of sp³-hybridized carbons (Fsp3) is 0.800. The highest BCUT2D eigenvalue weighted by Crippen LogP contribution is 2.17. The van der Waals surface area contributed by atoms with Crippen LogP contribution in [0.5, 0.6) is 0 Å². The van der Waals surface area contributed by atoms with Crippen molar-refractivity contribution in [1.82, 2.24) is 0 Å². The Balaban J connectivity index is 3.61. The van der Waals surface area contributed by atoms with Crippen LogP contribution in [0.3, 0.4) is 0 Å². The van der Waals surface area contributed by atoms with Gasteiger partial charge in [-0.3, -0.25) is 4.79 Å². The van der Waals surface area contributed by atoms with Gasteiger partial charge in [0.15, 0.2) is 4.69 Å². The van der Waals surface area contributed by atoms with Gasteiger partial charge < -0.3 is 0 Å². The number of alkyl halides is 3. The molecule has 0 aromatic rings. The first-order chi connectivity index (χ1) is 4.57. The standard InChI is InChI=1S/C5H6Br3FO/c6-2-4(9)3(7)1-5(8)10/h3-4H,1-2H2. The van der Waals surface area contributed by atoms with Crippen LogP contribution in [0.4, 0.5) is 4.39 Å². The minimum Gasteiger partial charge on any atom is -0.287 e. The molecule has 1 nitrogen and oxygen atoms in total. The van der Waals surface area contributed by atoms with Gasteiger partial charge in [0.2, 0.25) is 0 Å². The number of carbonyl (C=O) groups is 1. The summed E-state index contributed by atoms with van der Waals surface area (Å²) >= 11 is 8.74. The van der Waals surface area contributed by atoms with Crippen LogP contribution in [0.1, 0.15) is 6.42 Å². The quantitative estimate of drug-likeness (QED) is 0.568. The predicted molar refractivity (Wildman–Crippen MR) is 50.0 cm³/mol. The largest absolute Gasteiger partial charge is 0.287 e. The van der Waals surface area contributed by atoms with Crippen molar-refractivity contribution in [3.63, 3.8) is 0 Å². The topological polar surface area (TPSA) is 17.1 Å². The minimum atomic E-state index is -1.01. The van der Waals surface area contributed by atoms with Gasteiger partial charge in [-0.1, -0.05) is 31.9 Å². The molecule has 0 rings (SSSR count). The van der Waals surface area contributed by atoms with Gasteiger partial charge in [0.25, 0.3) is 0 Å². The Bertz CT molecular complexity index is 119. The summed E-state index contributed by atoms with van der Waals surface area (Å²) in [4.78, 5) is 9.99. The van der Waals surface area contributed by atoms with Crippen LogP contribution >= 0.6 is 47.8 Å². The molecule has 10 heavy (non-hydrogen) atoms. The summed E-state index contributed by atoms with van der Waals surface area (Å²) in [6, 6.07) is 0. The molecule has 0 aliphatic heterocycles. The molecule has 0 heterocycles. The van der Waals surface area contributed by atoms with Gasteiger partial charge in [0.05, 0.1) is 4.83 Å². The second-order valence-corrected chi connectivity index (χ2v) is 4.45. The van der Waals surface area contributed by atoms with Crippen molar-refractivity contribution in [3.05, 3.63) is 0 Å². The van der Waals surface area contributed by atoms with Crippen molar-refractivity contribution >= 4 is 52.5 Å². The molecule has 5 heteroatoms. The molecule has 0 aromatic carbocycles. The highest BCUT2D eigenvalue weighted by Gasteiger charge is 2.18. The normalized spacial score (nSPS) is 16.4. The summed E-state index contributed by atoms with van der Waals surface area (Å²) < 4.78 is 12.4. The van der Waals surface area contributed by atoms with Crippen molar-refractivity contribution in [2.24, 2.45) is 0 Å². The lowest BCUT2D eigenvalue weighted by Gasteiger charge is -2.08. The summed E-state index contributed by atoms with van der Waals surface area (Å²) in [6.07, 6.45) is -0.839. The molecule has 0 aliphatic rings. The van der Waals surface area contributed by atoms with Crippen LogP contribution < -0.4 is 0 Å². The fourth-order valence-corrected chi connectivity index (χ4v) is 2.59. The lowest BCUT2D eigenvalue weighted by Crippen LogP contribution is -2.18. The van der Waals surface area contributed by atoms with Crippen LogP contribution in [-0.4, -0.2) is 21.0 Å². The lowest BCUT2D eigenvalue weighted by molar-refractivity contribution is -0.110. The molecule has 0 amide bonds. The molecule has 60 valence electrons. The Hall–Kier alpha value is 1.04. The summed E-state index contributed by atoms with van der Waals surface area (Å²) in [7, 11) is 0. The lowest BCUT2D eigenvalue weighted by atomic mass is 10.2. The molecule has 0 aliphatic carbocycles. The molecule has 2 unspecified atom stereocenters. The Labute approximate surface area is 84.1 Å². The van der Waals surface area contributed by atoms with Crippen molar-refractivity contribution in [3.8, 4) is 0 Å². The molecule has 0 bridgehead atoms. The first-order valence-electron chi connectivity index (χ1n) is 2.60. The Morgan fingerprint density at radius 1 is 1.60 bits per heavy atom. The van der Waals surface area contributed by atoms with Crippen molar-refractivity contribution in [2.45, 2.75) is 17.4 Å². The molecule has 0 saturated heterocycles. The Morgan fingerprint density at radius 3 is 2.40 bits per heavy atom. The average molecular weight is 341 g/mol. The molecule has 0 N–H and O–H groups in total. The first kappa shape index (κ1) is 11.0. The second-order valence-electron chi connectivity index (χ2n) is 1.75. The number of carbonyl (C=O) groups excluding carboxylic acids is 1. The first-order valence-corrected chi connectivity index (χ1v) is 5.43. The van der Waals surface area contributed by atoms with E-state index >= 15 is 0 Å². The minimum absolute atomic E-state index is 0.173. The maximum absolute atomic E-state index is 12.6. The van der Waals surface area contributed by atoms with E-state index in [1.54, 1.807) is 0 Å². The van der Waals surface area contributed by atoms with E-state index < -0.39 is 11.0 Å². The molecule has 0 saturated carbocycles. The van der Waals surface area contributed by atoms with Crippen LogP contribution in [0.2, 0.25) is 0 Å². The van der Waals surface area contributed by atoms with E-state index in [0.717, 1.165) is 0 Å². The number of rotatable bonds is 4. The molecule has 0 spiro atoms. The number of hydrogen-bond donors (Lipinski definition) is 0. The van der Waals surface area contributed by atoms with E-state index in [1.165, 1.54) is 0 Å². The van der Waals surface area contributed by atoms with E-state index in [4.69, 9.17) is 0 Å². The van der Waals surface area contributed by atoms with Gasteiger partial charge in [-0.2, -0.15) is 0 Å². The Morgan fingerprint density at radius 2 is 2.10 bits per heavy atom. The van der Waals surface area contributed by atoms with Gasteiger partial charge in [0, 0.05) is 11.8 Å². The third-order valence-electron chi connectivity index (χ3n) is 0.895. The van der Waals surface area contributed by atoms with Crippen LogP contribution in [-0.2, 0) is 4.79 Å². The maximum Gasteiger partial charge on any atom is 0.199 e. The van der Waals surface area contributed by atoms with Gasteiger partial charge in [-0.25, -0.2) is 4.39 Å². The van der Waals surface area contributed by atoms with E-state index in [1.807, 2.05) is 0 Å². The summed E-state index contributed by atoms with van der Waals surface area (Å²) in [5, 5.41) is 0.253. The van der Waals surface area contributed by atoms with Crippen LogP contribution in [0.15, 0.2) is 0 Å². The third-order valence-corrected chi connectivity index (χ3v) is 2.74. The summed E-state index contributed by atoms with van der Waals surface area (Å²) in [6.45, 7) is 0. The van der Waals surface area contributed by atoms with Crippen LogP contribution in [0.25, 0.3) is 0 Å². The van der Waals surface area contributed by atoms with E-state index in [0.29, 0.717) is 0 Å². The zero-order chi connectivity index (χ0) is 8.15.